The number of hydrogen-bond acceptors (Lipinski definition) is 3. The van der Waals surface area contributed by atoms with E-state index < -0.39 is 0 Å². The zero-order chi connectivity index (χ0) is 15.2. The molecule has 0 aliphatic carbocycles. The molecular formula is C16H17BrN2O2. The van der Waals surface area contributed by atoms with Crippen molar-refractivity contribution in [3.63, 3.8) is 0 Å². The highest BCUT2D eigenvalue weighted by Crippen LogP contribution is 2.21. The molecular weight excluding hydrogens is 332 g/mol. The van der Waals surface area contributed by atoms with Gasteiger partial charge in [0.25, 0.3) is 0 Å². The van der Waals surface area contributed by atoms with Gasteiger partial charge >= 0.3 is 0 Å². The third-order valence-corrected chi connectivity index (χ3v) is 3.54. The summed E-state index contributed by atoms with van der Waals surface area (Å²) in [6.07, 6.45) is 0.279. The zero-order valence-corrected chi connectivity index (χ0v) is 13.3. The van der Waals surface area contributed by atoms with Gasteiger partial charge in [-0.15, -0.1) is 0 Å². The summed E-state index contributed by atoms with van der Waals surface area (Å²) < 4.78 is 6.48. The van der Waals surface area contributed by atoms with E-state index in [0.717, 1.165) is 21.5 Å². The van der Waals surface area contributed by atoms with Gasteiger partial charge in [-0.25, -0.2) is 0 Å². The van der Waals surface area contributed by atoms with Crippen LogP contribution in [-0.4, -0.2) is 12.5 Å². The van der Waals surface area contributed by atoms with E-state index in [2.05, 4.69) is 21.2 Å². The maximum absolute atomic E-state index is 11.9. The Bertz CT molecular complexity index is 644. The van der Waals surface area contributed by atoms with E-state index in [1.165, 1.54) is 0 Å². The van der Waals surface area contributed by atoms with E-state index in [-0.39, 0.29) is 12.3 Å². The van der Waals surface area contributed by atoms with Gasteiger partial charge in [0.05, 0.1) is 13.0 Å². The van der Waals surface area contributed by atoms with E-state index >= 15 is 0 Å². The number of carbonyl (C=O) groups is 1. The minimum atomic E-state index is -0.0984. The standard InChI is InChI=1S/C16H17BrN2O2/c1-11-14(18)6-3-7-15(11)19-16(20)8-9-21-13-5-2-4-12(17)10-13/h2-7,10H,8-9,18H2,1H3,(H,19,20). The van der Waals surface area contributed by atoms with Crippen molar-refractivity contribution < 1.29 is 9.53 Å². The van der Waals surface area contributed by atoms with Crippen LogP contribution < -0.4 is 15.8 Å². The molecule has 3 N–H and O–H groups in total. The molecule has 0 spiro atoms. The quantitative estimate of drug-likeness (QED) is 0.808. The molecule has 0 aliphatic rings. The lowest BCUT2D eigenvalue weighted by Crippen LogP contribution is -2.16. The number of amides is 1. The second kappa shape index (κ2) is 7.13. The molecule has 0 bridgehead atoms. The van der Waals surface area contributed by atoms with Crippen molar-refractivity contribution >= 4 is 33.2 Å². The predicted octanol–water partition coefficient (Wildman–Crippen LogP) is 3.75. The number of halogens is 1. The van der Waals surface area contributed by atoms with Crippen LogP contribution >= 0.6 is 15.9 Å². The minimum Gasteiger partial charge on any atom is -0.493 e. The molecule has 0 atom stereocenters. The highest BCUT2D eigenvalue weighted by molar-refractivity contribution is 9.10. The van der Waals surface area contributed by atoms with Crippen LogP contribution in [0.2, 0.25) is 0 Å². The Labute approximate surface area is 132 Å². The normalized spacial score (nSPS) is 10.2. The minimum absolute atomic E-state index is 0.0984. The molecule has 5 heteroatoms. The monoisotopic (exact) mass is 348 g/mol. The molecule has 0 fully saturated rings. The molecule has 2 aromatic carbocycles. The molecule has 4 nitrogen and oxygen atoms in total. The fraction of sp³-hybridized carbons (Fsp3) is 0.188. The summed E-state index contributed by atoms with van der Waals surface area (Å²) in [6.45, 7) is 2.20. The Morgan fingerprint density at radius 2 is 2.05 bits per heavy atom. The first-order chi connectivity index (χ1) is 10.1. The molecule has 1 amide bonds. The molecule has 2 rings (SSSR count). The van der Waals surface area contributed by atoms with Gasteiger partial charge in [-0.05, 0) is 42.8 Å². The predicted molar refractivity (Wildman–Crippen MR) is 88.5 cm³/mol. The van der Waals surface area contributed by atoms with Crippen molar-refractivity contribution in [2.45, 2.75) is 13.3 Å². The lowest BCUT2D eigenvalue weighted by molar-refractivity contribution is -0.116. The average Bonchev–Trinajstić information content (AvgIpc) is 2.44. The van der Waals surface area contributed by atoms with Gasteiger partial charge in [0.1, 0.15) is 5.75 Å². The molecule has 21 heavy (non-hydrogen) atoms. The van der Waals surface area contributed by atoms with Crippen LogP contribution in [0.3, 0.4) is 0 Å². The van der Waals surface area contributed by atoms with E-state index in [1.54, 1.807) is 6.07 Å². The average molecular weight is 349 g/mol. The van der Waals surface area contributed by atoms with Crippen molar-refractivity contribution in [1.82, 2.24) is 0 Å². The van der Waals surface area contributed by atoms with E-state index in [9.17, 15) is 4.79 Å². The van der Waals surface area contributed by atoms with Gasteiger partial charge in [-0.3, -0.25) is 4.79 Å². The number of anilines is 2. The maximum atomic E-state index is 11.9. The first-order valence-corrected chi connectivity index (χ1v) is 7.39. The first kappa shape index (κ1) is 15.4. The third kappa shape index (κ3) is 4.49. The molecule has 0 aliphatic heterocycles. The van der Waals surface area contributed by atoms with Crippen LogP contribution in [0.1, 0.15) is 12.0 Å². The number of benzene rings is 2. The second-order valence-corrected chi connectivity index (χ2v) is 5.54. The second-order valence-electron chi connectivity index (χ2n) is 4.62. The largest absolute Gasteiger partial charge is 0.493 e. The molecule has 0 unspecified atom stereocenters. The number of nitrogens with two attached hydrogens (primary N) is 1. The van der Waals surface area contributed by atoms with E-state index in [0.29, 0.717) is 12.3 Å². The van der Waals surface area contributed by atoms with Crippen molar-refractivity contribution in [1.29, 1.82) is 0 Å². The van der Waals surface area contributed by atoms with Crippen LogP contribution in [0.4, 0.5) is 11.4 Å². The first-order valence-electron chi connectivity index (χ1n) is 6.59. The van der Waals surface area contributed by atoms with Crippen LogP contribution in [-0.2, 0) is 4.79 Å². The highest BCUT2D eigenvalue weighted by atomic mass is 79.9. The maximum Gasteiger partial charge on any atom is 0.227 e. The molecule has 0 radical (unpaired) electrons. The zero-order valence-electron chi connectivity index (χ0n) is 11.7. The lowest BCUT2D eigenvalue weighted by Gasteiger charge is -2.10. The lowest BCUT2D eigenvalue weighted by atomic mass is 10.1. The van der Waals surface area contributed by atoms with Crippen molar-refractivity contribution in [3.8, 4) is 5.75 Å². The third-order valence-electron chi connectivity index (χ3n) is 3.04. The Morgan fingerprint density at radius 1 is 1.29 bits per heavy atom. The summed E-state index contributed by atoms with van der Waals surface area (Å²) in [5.74, 6) is 0.635. The van der Waals surface area contributed by atoms with Gasteiger partial charge in [0.15, 0.2) is 0 Å². The van der Waals surface area contributed by atoms with Crippen LogP contribution in [0.15, 0.2) is 46.9 Å². The number of rotatable bonds is 5. The Hall–Kier alpha value is -2.01. The fourth-order valence-corrected chi connectivity index (χ4v) is 2.20. The number of nitrogens with one attached hydrogen (secondary N) is 1. The van der Waals surface area contributed by atoms with Crippen molar-refractivity contribution in [3.05, 3.63) is 52.5 Å². The summed E-state index contributed by atoms with van der Waals surface area (Å²) in [4.78, 5) is 11.9. The van der Waals surface area contributed by atoms with Gasteiger partial charge in [-0.1, -0.05) is 28.1 Å². The van der Waals surface area contributed by atoms with Crippen molar-refractivity contribution in [2.75, 3.05) is 17.7 Å². The summed E-state index contributed by atoms with van der Waals surface area (Å²) >= 11 is 3.37. The number of nitrogen functional groups attached to an aromatic ring is 1. The molecule has 0 aromatic heterocycles. The van der Waals surface area contributed by atoms with Crippen LogP contribution in [0, 0.1) is 6.92 Å². The van der Waals surface area contributed by atoms with Gasteiger partial charge in [0.2, 0.25) is 5.91 Å². The Kier molecular flexibility index (Phi) is 5.22. The highest BCUT2D eigenvalue weighted by Gasteiger charge is 2.06. The van der Waals surface area contributed by atoms with Gasteiger partial charge in [-0.2, -0.15) is 0 Å². The van der Waals surface area contributed by atoms with Gasteiger partial charge in [0, 0.05) is 15.8 Å². The molecule has 2 aromatic rings. The van der Waals surface area contributed by atoms with Crippen LogP contribution in [0.5, 0.6) is 5.75 Å². The molecule has 110 valence electrons. The summed E-state index contributed by atoms with van der Waals surface area (Å²) in [6, 6.07) is 13.0. The van der Waals surface area contributed by atoms with Crippen molar-refractivity contribution in [2.24, 2.45) is 0 Å². The fourth-order valence-electron chi connectivity index (χ4n) is 1.82. The molecule has 0 saturated carbocycles. The Balaban J connectivity index is 1.84. The number of ether oxygens (including phenoxy) is 1. The van der Waals surface area contributed by atoms with Gasteiger partial charge < -0.3 is 15.8 Å². The number of carbonyl (C=O) groups excluding carboxylic acids is 1. The smallest absolute Gasteiger partial charge is 0.227 e. The van der Waals surface area contributed by atoms with E-state index in [4.69, 9.17) is 10.5 Å². The SMILES string of the molecule is Cc1c(N)cccc1NC(=O)CCOc1cccc(Br)c1. The summed E-state index contributed by atoms with van der Waals surface area (Å²) in [7, 11) is 0. The van der Waals surface area contributed by atoms with E-state index in [1.807, 2.05) is 43.3 Å². The Morgan fingerprint density at radius 3 is 2.81 bits per heavy atom. The summed E-state index contributed by atoms with van der Waals surface area (Å²) in [5, 5.41) is 2.84. The van der Waals surface area contributed by atoms with Crippen LogP contribution in [0.25, 0.3) is 0 Å². The summed E-state index contributed by atoms with van der Waals surface area (Å²) in [5.41, 5.74) is 8.08. The number of hydrogen-bond donors (Lipinski definition) is 2. The molecule has 0 saturated heterocycles. The topological polar surface area (TPSA) is 64.3 Å². The molecule has 0 heterocycles.